The molecule has 0 aliphatic carbocycles. The Hall–Kier alpha value is -1.82. The maximum atomic E-state index is 6.33. The fourth-order valence-electron chi connectivity index (χ4n) is 2.08. The van der Waals surface area contributed by atoms with Gasteiger partial charge >= 0.3 is 0 Å². The molecule has 0 aliphatic rings. The lowest BCUT2D eigenvalue weighted by molar-refractivity contribution is 0.832. The lowest BCUT2D eigenvalue weighted by Crippen LogP contribution is -2.12. The van der Waals surface area contributed by atoms with Gasteiger partial charge in [0.1, 0.15) is 0 Å². The van der Waals surface area contributed by atoms with E-state index in [1.165, 1.54) is 11.3 Å². The monoisotopic (exact) mass is 364 g/mol. The summed E-state index contributed by atoms with van der Waals surface area (Å²) in [5.41, 5.74) is 2.60. The highest BCUT2D eigenvalue weighted by atomic mass is 35.5. The summed E-state index contributed by atoms with van der Waals surface area (Å²) < 4.78 is 1.78. The van der Waals surface area contributed by atoms with E-state index < -0.39 is 0 Å². The molecule has 4 nitrogen and oxygen atoms in total. The molecule has 0 aliphatic heterocycles. The second-order valence-electron chi connectivity index (χ2n) is 4.68. The minimum atomic E-state index is 0.624. The molecule has 23 heavy (non-hydrogen) atoms. The normalized spacial score (nSPS) is 12.4. The summed E-state index contributed by atoms with van der Waals surface area (Å²) in [6, 6.07) is 9.25. The summed E-state index contributed by atoms with van der Waals surface area (Å²) in [5.74, 6) is 0. The van der Waals surface area contributed by atoms with Gasteiger partial charge in [-0.05, 0) is 37.3 Å². The Morgan fingerprint density at radius 2 is 2.17 bits per heavy atom. The van der Waals surface area contributed by atoms with E-state index in [1.807, 2.05) is 36.7 Å². The number of halogens is 2. The van der Waals surface area contributed by atoms with Crippen molar-refractivity contribution in [2.45, 2.75) is 6.92 Å². The maximum absolute atomic E-state index is 6.33. The first kappa shape index (κ1) is 16.1. The number of rotatable bonds is 4. The predicted molar refractivity (Wildman–Crippen MR) is 97.7 cm³/mol. The third kappa shape index (κ3) is 3.58. The lowest BCUT2D eigenvalue weighted by atomic mass is 10.2. The fraction of sp³-hybridized carbons (Fsp3) is 0.125. The molecule has 3 aromatic rings. The zero-order chi connectivity index (χ0) is 16.2. The van der Waals surface area contributed by atoms with Gasteiger partial charge in [0, 0.05) is 28.7 Å². The average Bonchev–Trinajstić information content (AvgIpc) is 3.18. The number of nitrogens with one attached hydrogen (secondary N) is 1. The van der Waals surface area contributed by atoms with Crippen molar-refractivity contribution in [2.75, 3.05) is 6.54 Å². The smallest absolute Gasteiger partial charge is 0.206 e. The van der Waals surface area contributed by atoms with Crippen LogP contribution < -0.4 is 4.80 Å². The summed E-state index contributed by atoms with van der Waals surface area (Å²) in [4.78, 5) is 8.39. The summed E-state index contributed by atoms with van der Waals surface area (Å²) in [7, 11) is 0. The maximum Gasteiger partial charge on any atom is 0.206 e. The van der Waals surface area contributed by atoms with Gasteiger partial charge in [-0.2, -0.15) is 5.10 Å². The van der Waals surface area contributed by atoms with E-state index in [0.717, 1.165) is 21.8 Å². The van der Waals surface area contributed by atoms with E-state index in [2.05, 4.69) is 15.1 Å². The van der Waals surface area contributed by atoms with Gasteiger partial charge in [0.15, 0.2) is 0 Å². The Morgan fingerprint density at radius 1 is 1.30 bits per heavy atom. The summed E-state index contributed by atoms with van der Waals surface area (Å²) in [6.45, 7) is 2.67. The van der Waals surface area contributed by atoms with E-state index in [-0.39, 0.29) is 0 Å². The van der Waals surface area contributed by atoms with Gasteiger partial charge in [-0.3, -0.25) is 4.99 Å². The van der Waals surface area contributed by atoms with Crippen LogP contribution in [0.15, 0.2) is 52.0 Å². The molecule has 3 rings (SSSR count). The summed E-state index contributed by atoms with van der Waals surface area (Å²) in [6.07, 6.45) is 3.61. The molecule has 7 heteroatoms. The minimum Gasteiger partial charge on any atom is -0.360 e. The molecule has 0 spiro atoms. The number of hydrogen-bond donors (Lipinski definition) is 1. The van der Waals surface area contributed by atoms with Crippen molar-refractivity contribution in [1.29, 1.82) is 0 Å². The third-order valence-corrected chi connectivity index (χ3v) is 4.54. The number of aromatic nitrogens is 2. The van der Waals surface area contributed by atoms with Crippen LogP contribution in [-0.4, -0.2) is 22.4 Å². The van der Waals surface area contributed by atoms with Crippen LogP contribution in [0.3, 0.4) is 0 Å². The van der Waals surface area contributed by atoms with Crippen LogP contribution in [0.25, 0.3) is 11.3 Å². The summed E-state index contributed by atoms with van der Waals surface area (Å²) >= 11 is 14.0. The molecule has 0 unspecified atom stereocenters. The topological polar surface area (TPSA) is 45.4 Å². The molecule has 1 N–H and O–H groups in total. The minimum absolute atomic E-state index is 0.624. The molecule has 0 saturated heterocycles. The Labute approximate surface area is 147 Å². The van der Waals surface area contributed by atoms with E-state index in [0.29, 0.717) is 16.6 Å². The van der Waals surface area contributed by atoms with Crippen molar-refractivity contribution in [1.82, 2.24) is 9.66 Å². The average molecular weight is 365 g/mol. The largest absolute Gasteiger partial charge is 0.360 e. The first-order valence-corrected chi connectivity index (χ1v) is 8.67. The predicted octanol–water partition coefficient (Wildman–Crippen LogP) is 4.65. The van der Waals surface area contributed by atoms with Crippen LogP contribution in [0.1, 0.15) is 12.6 Å². The molecule has 0 atom stereocenters. The number of hydrogen-bond acceptors (Lipinski definition) is 3. The Balaban J connectivity index is 2.14. The number of nitrogens with zero attached hydrogens (tertiary/aromatic N) is 3. The van der Waals surface area contributed by atoms with E-state index in [4.69, 9.17) is 23.2 Å². The van der Waals surface area contributed by atoms with Gasteiger partial charge in [0.05, 0.1) is 22.6 Å². The SMILES string of the molecule is CCN=c1scc(-c2cc(Cl)ccc2Cl)n1N=Cc1ccc[nH]1. The van der Waals surface area contributed by atoms with E-state index in [9.17, 15) is 0 Å². The van der Waals surface area contributed by atoms with E-state index >= 15 is 0 Å². The highest BCUT2D eigenvalue weighted by Gasteiger charge is 2.11. The second kappa shape index (κ2) is 7.17. The zero-order valence-electron chi connectivity index (χ0n) is 12.3. The van der Waals surface area contributed by atoms with Crippen LogP contribution in [0.2, 0.25) is 10.0 Å². The van der Waals surface area contributed by atoms with Crippen molar-refractivity contribution in [3.8, 4) is 11.3 Å². The van der Waals surface area contributed by atoms with Crippen LogP contribution in [0.4, 0.5) is 0 Å². The molecule has 2 aromatic heterocycles. The van der Waals surface area contributed by atoms with Crippen LogP contribution in [0, 0.1) is 0 Å². The Kier molecular flexibility index (Phi) is 5.00. The quantitative estimate of drug-likeness (QED) is 0.654. The van der Waals surface area contributed by atoms with Crippen molar-refractivity contribution >= 4 is 40.8 Å². The highest BCUT2D eigenvalue weighted by Crippen LogP contribution is 2.30. The molecular formula is C16H14Cl2N4S. The molecule has 118 valence electrons. The van der Waals surface area contributed by atoms with E-state index in [1.54, 1.807) is 23.0 Å². The second-order valence-corrected chi connectivity index (χ2v) is 6.36. The number of aromatic amines is 1. The first-order chi connectivity index (χ1) is 11.2. The zero-order valence-corrected chi connectivity index (χ0v) is 14.7. The molecule has 0 fully saturated rings. The Bertz CT molecular complexity index is 891. The fourth-order valence-corrected chi connectivity index (χ4v) is 3.36. The number of benzene rings is 1. The number of H-pyrrole nitrogens is 1. The van der Waals surface area contributed by atoms with Crippen molar-refractivity contribution in [3.05, 3.63) is 62.4 Å². The van der Waals surface area contributed by atoms with Crippen LogP contribution in [-0.2, 0) is 0 Å². The lowest BCUT2D eigenvalue weighted by Gasteiger charge is -2.06. The highest BCUT2D eigenvalue weighted by molar-refractivity contribution is 7.07. The molecule has 0 saturated carbocycles. The van der Waals surface area contributed by atoms with Crippen molar-refractivity contribution in [2.24, 2.45) is 10.1 Å². The molecule has 1 aromatic carbocycles. The van der Waals surface area contributed by atoms with Crippen molar-refractivity contribution < 1.29 is 0 Å². The Morgan fingerprint density at radius 3 is 2.91 bits per heavy atom. The molecule has 0 amide bonds. The molecule has 0 radical (unpaired) electrons. The van der Waals surface area contributed by atoms with Gasteiger partial charge in [-0.1, -0.05) is 23.2 Å². The van der Waals surface area contributed by atoms with Gasteiger partial charge in [0.2, 0.25) is 4.80 Å². The number of thiazole rings is 1. The standard InChI is InChI=1S/C16H14Cl2N4S/c1-2-19-16-22(21-9-12-4-3-7-20-12)15(10-23-16)13-8-11(17)5-6-14(13)18/h3-10,20H,2H2,1H3. The van der Waals surface area contributed by atoms with Gasteiger partial charge < -0.3 is 4.98 Å². The first-order valence-electron chi connectivity index (χ1n) is 7.03. The van der Waals surface area contributed by atoms with Gasteiger partial charge in [-0.15, -0.1) is 11.3 Å². The summed E-state index contributed by atoms with van der Waals surface area (Å²) in [5, 5.41) is 7.79. The molecule has 2 heterocycles. The molecule has 0 bridgehead atoms. The molecular weight excluding hydrogens is 351 g/mol. The van der Waals surface area contributed by atoms with Crippen LogP contribution in [0.5, 0.6) is 0 Å². The van der Waals surface area contributed by atoms with Gasteiger partial charge in [0.25, 0.3) is 0 Å². The van der Waals surface area contributed by atoms with Crippen LogP contribution >= 0.6 is 34.5 Å². The third-order valence-electron chi connectivity index (χ3n) is 3.12. The van der Waals surface area contributed by atoms with Gasteiger partial charge in [-0.25, -0.2) is 4.68 Å². The van der Waals surface area contributed by atoms with Crippen molar-refractivity contribution in [3.63, 3.8) is 0 Å².